The number of hydrogen-bond acceptors (Lipinski definition) is 0. The first-order chi connectivity index (χ1) is 8.16. The van der Waals surface area contributed by atoms with Gasteiger partial charge in [0.2, 0.25) is 0 Å². The summed E-state index contributed by atoms with van der Waals surface area (Å²) >= 11 is 0. The van der Waals surface area contributed by atoms with Crippen LogP contribution in [0.4, 0.5) is 0 Å². The summed E-state index contributed by atoms with van der Waals surface area (Å²) < 4.78 is 0. The molecule has 2 rings (SSSR count). The summed E-state index contributed by atoms with van der Waals surface area (Å²) in [5, 5.41) is 2.54. The molecule has 1 aliphatic heterocycles. The van der Waals surface area contributed by atoms with Gasteiger partial charge in [-0.05, 0) is 6.92 Å². The second-order valence-electron chi connectivity index (χ2n) is 5.75. The molecule has 0 saturated carbocycles. The highest BCUT2D eigenvalue weighted by atomic mass is 15.2. The van der Waals surface area contributed by atoms with E-state index in [9.17, 15) is 0 Å². The Morgan fingerprint density at radius 3 is 2.65 bits per heavy atom. The maximum Gasteiger partial charge on any atom is 0.101 e. The highest BCUT2D eigenvalue weighted by Crippen LogP contribution is 2.08. The van der Waals surface area contributed by atoms with Gasteiger partial charge in [0.1, 0.15) is 6.54 Å². The van der Waals surface area contributed by atoms with Crippen LogP contribution in [0.3, 0.4) is 0 Å². The van der Waals surface area contributed by atoms with Crippen molar-refractivity contribution < 1.29 is 10.2 Å². The van der Waals surface area contributed by atoms with Gasteiger partial charge in [-0.2, -0.15) is 0 Å². The number of rotatable bonds is 3. The second-order valence-corrected chi connectivity index (χ2v) is 5.75. The molecule has 1 aromatic rings. The number of piperidine rings is 1. The number of hydrogen-bond donors (Lipinski definition) is 2. The van der Waals surface area contributed by atoms with Crippen LogP contribution in [0.2, 0.25) is 0 Å². The summed E-state index contributed by atoms with van der Waals surface area (Å²) in [6.07, 6.45) is 1.35. The molecular formula is C15H26N2+2. The van der Waals surface area contributed by atoms with Crippen LogP contribution in [0.5, 0.6) is 0 Å². The van der Waals surface area contributed by atoms with Crippen LogP contribution in [0.15, 0.2) is 30.3 Å². The largest absolute Gasteiger partial charge is 0.339 e. The zero-order valence-electron chi connectivity index (χ0n) is 11.3. The molecule has 1 aliphatic rings. The van der Waals surface area contributed by atoms with E-state index in [1.54, 1.807) is 4.90 Å². The van der Waals surface area contributed by atoms with Gasteiger partial charge in [-0.3, -0.25) is 0 Å². The molecule has 1 unspecified atom stereocenters. The Morgan fingerprint density at radius 1 is 1.24 bits per heavy atom. The van der Waals surface area contributed by atoms with Crippen LogP contribution >= 0.6 is 0 Å². The number of nitrogens with two attached hydrogens (primary N) is 1. The molecule has 94 valence electrons. The Morgan fingerprint density at radius 2 is 1.94 bits per heavy atom. The Balaban J connectivity index is 1.87. The summed E-state index contributed by atoms with van der Waals surface area (Å²) in [5.41, 5.74) is 1.44. The van der Waals surface area contributed by atoms with Crippen LogP contribution < -0.4 is 10.2 Å². The quantitative estimate of drug-likeness (QED) is 0.738. The first-order valence-corrected chi connectivity index (χ1v) is 6.86. The van der Waals surface area contributed by atoms with Crippen LogP contribution in [0.1, 0.15) is 25.8 Å². The van der Waals surface area contributed by atoms with E-state index >= 15 is 0 Å². The molecule has 1 aromatic carbocycles. The minimum absolute atomic E-state index is 0.800. The molecule has 0 aliphatic carbocycles. The first-order valence-electron chi connectivity index (χ1n) is 6.86. The van der Waals surface area contributed by atoms with Crippen LogP contribution in [-0.4, -0.2) is 25.7 Å². The summed E-state index contributed by atoms with van der Waals surface area (Å²) in [4.78, 5) is 1.70. The minimum atomic E-state index is 0.800. The van der Waals surface area contributed by atoms with Gasteiger partial charge in [0, 0.05) is 5.56 Å². The summed E-state index contributed by atoms with van der Waals surface area (Å²) in [7, 11) is 2.33. The van der Waals surface area contributed by atoms with E-state index in [2.05, 4.69) is 56.5 Å². The molecule has 4 atom stereocenters. The van der Waals surface area contributed by atoms with Crippen LogP contribution in [-0.2, 0) is 6.54 Å². The molecule has 1 heterocycles. The number of quaternary nitrogens is 2. The van der Waals surface area contributed by atoms with Crippen molar-refractivity contribution in [2.75, 3.05) is 13.6 Å². The molecule has 1 saturated heterocycles. The van der Waals surface area contributed by atoms with E-state index < -0.39 is 0 Å². The first kappa shape index (κ1) is 12.6. The van der Waals surface area contributed by atoms with Crippen molar-refractivity contribution in [1.82, 2.24) is 0 Å². The third-order valence-corrected chi connectivity index (χ3v) is 4.34. The number of nitrogens with one attached hydrogen (secondary N) is 1. The Hall–Kier alpha value is -0.860. The topological polar surface area (TPSA) is 21.1 Å². The van der Waals surface area contributed by atoms with Crippen molar-refractivity contribution in [2.45, 2.75) is 38.9 Å². The standard InChI is InChI=1S/C15H24N2/c1-12-11-17(3)13(2)9-15(12)16-10-14-7-5-4-6-8-14/h4-8,12-13,15-16H,9-11H2,1-3H3/p+2/t12-,13-,15+/m1/s1. The van der Waals surface area contributed by atoms with Gasteiger partial charge in [-0.1, -0.05) is 37.3 Å². The van der Waals surface area contributed by atoms with E-state index in [0.29, 0.717) is 0 Å². The van der Waals surface area contributed by atoms with Crippen molar-refractivity contribution in [3.05, 3.63) is 35.9 Å². The molecule has 2 heteroatoms. The summed E-state index contributed by atoms with van der Waals surface area (Å²) in [6, 6.07) is 12.4. The molecule has 0 bridgehead atoms. The number of benzene rings is 1. The average molecular weight is 234 g/mol. The van der Waals surface area contributed by atoms with Crippen molar-refractivity contribution in [3.8, 4) is 0 Å². The van der Waals surface area contributed by atoms with Crippen molar-refractivity contribution in [2.24, 2.45) is 5.92 Å². The minimum Gasteiger partial charge on any atom is -0.339 e. The lowest BCUT2D eigenvalue weighted by molar-refractivity contribution is -0.923. The third-order valence-electron chi connectivity index (χ3n) is 4.34. The van der Waals surface area contributed by atoms with Crippen molar-refractivity contribution in [3.63, 3.8) is 0 Å². The van der Waals surface area contributed by atoms with E-state index in [4.69, 9.17) is 0 Å². The Kier molecular flexibility index (Phi) is 4.19. The second kappa shape index (κ2) is 5.65. The third kappa shape index (κ3) is 3.30. The van der Waals surface area contributed by atoms with Crippen LogP contribution in [0, 0.1) is 5.92 Å². The van der Waals surface area contributed by atoms with Crippen molar-refractivity contribution in [1.29, 1.82) is 0 Å². The van der Waals surface area contributed by atoms with E-state index in [1.807, 2.05) is 0 Å². The zero-order chi connectivity index (χ0) is 12.3. The summed E-state index contributed by atoms with van der Waals surface area (Å²) in [5.74, 6) is 0.829. The Labute approximate surface area is 105 Å². The van der Waals surface area contributed by atoms with Crippen molar-refractivity contribution >= 4 is 0 Å². The molecule has 0 aromatic heterocycles. The SMILES string of the molecule is C[C@@H]1C[NH+](C)[C@H](C)C[C@@H]1[NH2+]Cc1ccccc1. The maximum absolute atomic E-state index is 2.54. The van der Waals surface area contributed by atoms with Crippen LogP contribution in [0.25, 0.3) is 0 Å². The number of likely N-dealkylation sites (tertiary alicyclic amines) is 1. The van der Waals surface area contributed by atoms with Gasteiger partial charge in [0.25, 0.3) is 0 Å². The lowest BCUT2D eigenvalue weighted by Gasteiger charge is -2.35. The fourth-order valence-corrected chi connectivity index (χ4v) is 2.93. The average Bonchev–Trinajstić information content (AvgIpc) is 2.33. The predicted octanol–water partition coefficient (Wildman–Crippen LogP) is 0.0616. The normalized spacial score (nSPS) is 33.6. The molecule has 2 nitrogen and oxygen atoms in total. The monoisotopic (exact) mass is 234 g/mol. The maximum atomic E-state index is 2.54. The van der Waals surface area contributed by atoms with Gasteiger partial charge in [0.05, 0.1) is 38.0 Å². The molecule has 0 radical (unpaired) electrons. The molecule has 0 amide bonds. The molecule has 1 fully saturated rings. The van der Waals surface area contributed by atoms with Gasteiger partial charge in [-0.25, -0.2) is 0 Å². The van der Waals surface area contributed by atoms with E-state index in [0.717, 1.165) is 24.5 Å². The van der Waals surface area contributed by atoms with Gasteiger partial charge >= 0.3 is 0 Å². The molecule has 3 N–H and O–H groups in total. The fraction of sp³-hybridized carbons (Fsp3) is 0.600. The van der Waals surface area contributed by atoms with E-state index in [-0.39, 0.29) is 0 Å². The molecule has 17 heavy (non-hydrogen) atoms. The molecule has 0 spiro atoms. The fourth-order valence-electron chi connectivity index (χ4n) is 2.93. The summed E-state index contributed by atoms with van der Waals surface area (Å²) in [6.45, 7) is 7.23. The van der Waals surface area contributed by atoms with E-state index in [1.165, 1.54) is 18.5 Å². The lowest BCUT2D eigenvalue weighted by atomic mass is 9.90. The van der Waals surface area contributed by atoms with Gasteiger partial charge in [-0.15, -0.1) is 0 Å². The van der Waals surface area contributed by atoms with Gasteiger partial charge < -0.3 is 10.2 Å². The zero-order valence-corrected chi connectivity index (χ0v) is 11.3. The highest BCUT2D eigenvalue weighted by Gasteiger charge is 2.34. The highest BCUT2D eigenvalue weighted by molar-refractivity contribution is 5.13. The predicted molar refractivity (Wildman–Crippen MR) is 70.9 cm³/mol. The van der Waals surface area contributed by atoms with Gasteiger partial charge in [0.15, 0.2) is 0 Å². The Bertz CT molecular complexity index is 336. The smallest absolute Gasteiger partial charge is 0.101 e. The lowest BCUT2D eigenvalue weighted by Crippen LogP contribution is -3.16. The molecular weight excluding hydrogens is 208 g/mol.